The molecule has 3 heterocycles. The molecule has 4 nitrogen and oxygen atoms in total. The Balaban J connectivity index is 1.76. The van der Waals surface area contributed by atoms with E-state index in [9.17, 15) is 0 Å². The summed E-state index contributed by atoms with van der Waals surface area (Å²) in [6.45, 7) is 2.25. The molecule has 1 aromatic rings. The number of aromatic nitrogens is 2. The average molecular weight is 315 g/mol. The molecule has 3 aliphatic rings. The van der Waals surface area contributed by atoms with Crippen molar-refractivity contribution in [3.05, 3.63) is 23.2 Å². The van der Waals surface area contributed by atoms with Crippen molar-refractivity contribution in [2.45, 2.75) is 61.6 Å². The number of aliphatic imine (C=N–C) groups is 1. The highest BCUT2D eigenvalue weighted by atomic mass is 32.2. The van der Waals surface area contributed by atoms with Gasteiger partial charge in [-0.1, -0.05) is 30.7 Å². The van der Waals surface area contributed by atoms with Gasteiger partial charge >= 0.3 is 0 Å². The molecule has 0 unspecified atom stereocenters. The quantitative estimate of drug-likeness (QED) is 0.838. The first kappa shape index (κ1) is 14.2. The Labute approximate surface area is 135 Å². The lowest BCUT2D eigenvalue weighted by atomic mass is 9.87. The third-order valence-electron chi connectivity index (χ3n) is 4.84. The van der Waals surface area contributed by atoms with Gasteiger partial charge in [0.1, 0.15) is 11.7 Å². The van der Waals surface area contributed by atoms with E-state index >= 15 is 0 Å². The van der Waals surface area contributed by atoms with Crippen LogP contribution in [0.25, 0.3) is 0 Å². The number of allylic oxidation sites excluding steroid dienone is 1. The maximum Gasteiger partial charge on any atom is 0.230 e. The summed E-state index contributed by atoms with van der Waals surface area (Å²) < 4.78 is 5.43. The SMILES string of the molecule is CCCCC1=N[C@H]2Sc3c(OC)ncnc3[C@H]2C2=C1CCC2. The Hall–Kier alpha value is -1.36. The minimum Gasteiger partial charge on any atom is -0.480 e. The van der Waals surface area contributed by atoms with E-state index in [0.29, 0.717) is 11.8 Å². The number of hydrogen-bond donors (Lipinski definition) is 0. The van der Waals surface area contributed by atoms with Crippen LogP contribution in [0.3, 0.4) is 0 Å². The minimum absolute atomic E-state index is 0.240. The van der Waals surface area contributed by atoms with E-state index < -0.39 is 0 Å². The molecule has 0 fully saturated rings. The molecule has 116 valence electrons. The Morgan fingerprint density at radius 3 is 3.05 bits per heavy atom. The molecule has 0 saturated heterocycles. The lowest BCUT2D eigenvalue weighted by Gasteiger charge is -2.26. The van der Waals surface area contributed by atoms with Crippen LogP contribution in [0.1, 0.15) is 57.1 Å². The third kappa shape index (κ3) is 2.09. The monoisotopic (exact) mass is 315 g/mol. The van der Waals surface area contributed by atoms with E-state index in [4.69, 9.17) is 9.73 Å². The molecule has 0 aromatic carbocycles. The zero-order valence-corrected chi connectivity index (χ0v) is 13.9. The van der Waals surface area contributed by atoms with Gasteiger partial charge < -0.3 is 4.74 Å². The van der Waals surface area contributed by atoms with E-state index in [1.54, 1.807) is 36.3 Å². The van der Waals surface area contributed by atoms with Crippen molar-refractivity contribution in [1.82, 2.24) is 9.97 Å². The van der Waals surface area contributed by atoms with E-state index in [1.807, 2.05) is 0 Å². The van der Waals surface area contributed by atoms with Gasteiger partial charge in [-0.3, -0.25) is 4.99 Å². The number of dihydropyridines is 1. The second-order valence-corrected chi connectivity index (χ2v) is 7.25. The van der Waals surface area contributed by atoms with Crippen LogP contribution in [0.15, 0.2) is 27.4 Å². The van der Waals surface area contributed by atoms with Crippen molar-refractivity contribution in [3.8, 4) is 5.88 Å². The second-order valence-electron chi connectivity index (χ2n) is 6.12. The number of ether oxygens (including phenoxy) is 1. The summed E-state index contributed by atoms with van der Waals surface area (Å²) in [4.78, 5) is 15.1. The van der Waals surface area contributed by atoms with Crippen LogP contribution >= 0.6 is 11.8 Å². The van der Waals surface area contributed by atoms with Crippen LogP contribution in [0.5, 0.6) is 5.88 Å². The van der Waals surface area contributed by atoms with Gasteiger partial charge in [-0.25, -0.2) is 9.97 Å². The zero-order valence-electron chi connectivity index (χ0n) is 13.1. The molecule has 0 radical (unpaired) electrons. The molecule has 0 spiro atoms. The number of hydrogen-bond acceptors (Lipinski definition) is 5. The van der Waals surface area contributed by atoms with Gasteiger partial charge in [-0.15, -0.1) is 0 Å². The molecule has 0 saturated carbocycles. The molecule has 1 aromatic heterocycles. The molecule has 1 aliphatic carbocycles. The summed E-state index contributed by atoms with van der Waals surface area (Å²) in [6, 6.07) is 0. The summed E-state index contributed by atoms with van der Waals surface area (Å²) in [7, 11) is 1.68. The molecular weight excluding hydrogens is 294 g/mol. The van der Waals surface area contributed by atoms with Crippen molar-refractivity contribution in [2.24, 2.45) is 4.99 Å². The van der Waals surface area contributed by atoms with Crippen LogP contribution in [0.2, 0.25) is 0 Å². The smallest absolute Gasteiger partial charge is 0.230 e. The lowest BCUT2D eigenvalue weighted by molar-refractivity contribution is 0.384. The summed E-state index contributed by atoms with van der Waals surface area (Å²) in [5.74, 6) is 1.05. The van der Waals surface area contributed by atoms with Gasteiger partial charge in [0.05, 0.1) is 23.6 Å². The number of nitrogens with zero attached hydrogens (tertiary/aromatic N) is 3. The third-order valence-corrected chi connectivity index (χ3v) is 6.08. The van der Waals surface area contributed by atoms with Crippen molar-refractivity contribution >= 4 is 17.5 Å². The van der Waals surface area contributed by atoms with Crippen LogP contribution in [0.4, 0.5) is 0 Å². The number of fused-ring (bicyclic) bond motifs is 4. The molecular formula is C17H21N3OS. The van der Waals surface area contributed by atoms with E-state index in [0.717, 1.165) is 17.0 Å². The van der Waals surface area contributed by atoms with E-state index in [1.165, 1.54) is 37.8 Å². The fourth-order valence-corrected chi connectivity index (χ4v) is 5.23. The molecule has 2 atom stereocenters. The van der Waals surface area contributed by atoms with Gasteiger partial charge in [0.15, 0.2) is 0 Å². The summed E-state index contributed by atoms with van der Waals surface area (Å²) in [6.07, 6.45) is 8.87. The first-order chi connectivity index (χ1) is 10.8. The van der Waals surface area contributed by atoms with Gasteiger partial charge in [0.25, 0.3) is 0 Å². The molecule has 22 heavy (non-hydrogen) atoms. The summed E-state index contributed by atoms with van der Waals surface area (Å²) >= 11 is 1.79. The van der Waals surface area contributed by atoms with Crippen LogP contribution < -0.4 is 4.74 Å². The van der Waals surface area contributed by atoms with Crippen LogP contribution in [0, 0.1) is 0 Å². The Bertz CT molecular complexity index is 668. The van der Waals surface area contributed by atoms with Crippen molar-refractivity contribution < 1.29 is 4.74 Å². The first-order valence-electron chi connectivity index (χ1n) is 8.18. The highest BCUT2D eigenvalue weighted by molar-refractivity contribution is 8.00. The lowest BCUT2D eigenvalue weighted by Crippen LogP contribution is -2.21. The largest absolute Gasteiger partial charge is 0.480 e. The summed E-state index contributed by atoms with van der Waals surface area (Å²) in [5, 5.41) is 0.240. The number of rotatable bonds is 4. The minimum atomic E-state index is 0.240. The number of thioether (sulfide) groups is 1. The number of methoxy groups -OCH3 is 1. The molecule has 4 rings (SSSR count). The molecule has 2 aliphatic heterocycles. The Kier molecular flexibility index (Phi) is 3.68. The maximum atomic E-state index is 5.43. The van der Waals surface area contributed by atoms with Gasteiger partial charge in [-0.2, -0.15) is 0 Å². The molecule has 0 N–H and O–H groups in total. The van der Waals surface area contributed by atoms with Gasteiger partial charge in [0, 0.05) is 5.71 Å². The van der Waals surface area contributed by atoms with Gasteiger partial charge in [0.2, 0.25) is 5.88 Å². The van der Waals surface area contributed by atoms with Crippen molar-refractivity contribution in [2.75, 3.05) is 7.11 Å². The van der Waals surface area contributed by atoms with Crippen molar-refractivity contribution in [3.63, 3.8) is 0 Å². The predicted molar refractivity (Wildman–Crippen MR) is 88.8 cm³/mol. The normalized spacial score (nSPS) is 25.6. The first-order valence-corrected chi connectivity index (χ1v) is 9.06. The van der Waals surface area contributed by atoms with Crippen molar-refractivity contribution in [1.29, 1.82) is 0 Å². The van der Waals surface area contributed by atoms with Crippen LogP contribution in [-0.4, -0.2) is 28.2 Å². The van der Waals surface area contributed by atoms with Gasteiger partial charge in [-0.05, 0) is 37.7 Å². The topological polar surface area (TPSA) is 47.4 Å². The highest BCUT2D eigenvalue weighted by Gasteiger charge is 2.44. The maximum absolute atomic E-state index is 5.43. The fourth-order valence-electron chi connectivity index (χ4n) is 3.84. The number of unbranched alkanes of at least 4 members (excludes halogenated alkanes) is 1. The Morgan fingerprint density at radius 1 is 1.32 bits per heavy atom. The van der Waals surface area contributed by atoms with E-state index in [-0.39, 0.29) is 5.37 Å². The summed E-state index contributed by atoms with van der Waals surface area (Å²) in [5.41, 5.74) is 5.64. The second kappa shape index (κ2) is 5.69. The standard InChI is InChI=1S/C17H21N3OS/c1-3-4-8-12-10-6-5-7-11(10)13-14-15(22-17(13)20-12)16(21-2)19-9-18-14/h9,13,17H,3-8H2,1-2H3/t13-,17+/m1/s1. The van der Waals surface area contributed by atoms with Crippen LogP contribution in [-0.2, 0) is 0 Å². The predicted octanol–water partition coefficient (Wildman–Crippen LogP) is 4.13. The zero-order chi connectivity index (χ0) is 15.1. The molecule has 5 heteroatoms. The molecule has 0 amide bonds. The fraction of sp³-hybridized carbons (Fsp3) is 0.588. The highest BCUT2D eigenvalue weighted by Crippen LogP contribution is 2.56. The Morgan fingerprint density at radius 2 is 2.23 bits per heavy atom. The average Bonchev–Trinajstić information content (AvgIpc) is 3.15. The van der Waals surface area contributed by atoms with E-state index in [2.05, 4.69) is 16.9 Å². The molecule has 0 bridgehead atoms.